The number of nitriles is 1. The summed E-state index contributed by atoms with van der Waals surface area (Å²) in [7, 11) is 1.51. The first-order valence-electron chi connectivity index (χ1n) is 13.1. The molecule has 0 atom stereocenters. The first-order chi connectivity index (χ1) is 20.2. The van der Waals surface area contributed by atoms with Crippen LogP contribution in [0.4, 0.5) is 0 Å². The van der Waals surface area contributed by atoms with Gasteiger partial charge in [0.2, 0.25) is 0 Å². The van der Waals surface area contributed by atoms with E-state index in [1.807, 2.05) is 95.8 Å². The summed E-state index contributed by atoms with van der Waals surface area (Å²) in [5.41, 5.74) is 7.11. The second kappa shape index (κ2) is 9.70. The summed E-state index contributed by atoms with van der Waals surface area (Å²) in [4.78, 5) is 8.51. The van der Waals surface area contributed by atoms with Crippen LogP contribution < -0.4 is 4.74 Å². The van der Waals surface area contributed by atoms with Crippen molar-refractivity contribution in [2.45, 2.75) is 0 Å². The lowest BCUT2D eigenvalue weighted by Gasteiger charge is -2.14. The number of aromatic amines is 1. The molecular weight excluding hydrogens is 510 g/mol. The van der Waals surface area contributed by atoms with Crippen molar-refractivity contribution < 1.29 is 9.84 Å². The molecule has 7 nitrogen and oxygen atoms in total. The molecule has 0 aliphatic carbocycles. The monoisotopic (exact) mass is 533 g/mol. The number of phenols is 1. The number of H-pyrrole nitrogens is 1. The number of aromatic hydroxyl groups is 1. The second-order valence-electron chi connectivity index (χ2n) is 9.62. The normalized spacial score (nSPS) is 11.1. The number of para-hydroxylation sites is 2. The lowest BCUT2D eigenvalue weighted by atomic mass is 9.91. The summed E-state index contributed by atoms with van der Waals surface area (Å²) in [6.45, 7) is 0. The molecule has 196 valence electrons. The number of pyridine rings is 1. The van der Waals surface area contributed by atoms with Crippen LogP contribution in [0.25, 0.3) is 61.3 Å². The zero-order chi connectivity index (χ0) is 27.9. The third-order valence-corrected chi connectivity index (χ3v) is 7.29. The fraction of sp³-hybridized carbons (Fsp3) is 0.0294. The number of hydrogen-bond donors (Lipinski definition) is 2. The molecule has 0 saturated carbocycles. The zero-order valence-electron chi connectivity index (χ0n) is 22.0. The molecule has 0 aliphatic rings. The third-order valence-electron chi connectivity index (χ3n) is 7.29. The predicted molar refractivity (Wildman–Crippen MR) is 160 cm³/mol. The van der Waals surface area contributed by atoms with Crippen LogP contribution in [0.3, 0.4) is 0 Å². The quantitative estimate of drug-likeness (QED) is 0.239. The number of nitrogens with one attached hydrogen (secondary N) is 1. The van der Waals surface area contributed by atoms with Crippen LogP contribution in [0.2, 0.25) is 0 Å². The van der Waals surface area contributed by atoms with Gasteiger partial charge < -0.3 is 14.8 Å². The van der Waals surface area contributed by atoms with E-state index in [-0.39, 0.29) is 5.75 Å². The number of nitrogens with zero attached hydrogens (tertiary/aromatic N) is 4. The van der Waals surface area contributed by atoms with E-state index in [4.69, 9.17) is 14.8 Å². The van der Waals surface area contributed by atoms with Crippen molar-refractivity contribution in [2.24, 2.45) is 0 Å². The molecule has 41 heavy (non-hydrogen) atoms. The lowest BCUT2D eigenvalue weighted by Crippen LogP contribution is -2.01. The Labute approximate surface area is 235 Å². The Morgan fingerprint density at radius 3 is 2.34 bits per heavy atom. The maximum atomic E-state index is 10.7. The maximum absolute atomic E-state index is 10.7. The minimum Gasteiger partial charge on any atom is -0.504 e. The molecular formula is C34H23N5O2. The van der Waals surface area contributed by atoms with Gasteiger partial charge >= 0.3 is 0 Å². The molecule has 2 N–H and O–H groups in total. The van der Waals surface area contributed by atoms with Gasteiger partial charge in [-0.3, -0.25) is 0 Å². The van der Waals surface area contributed by atoms with Gasteiger partial charge in [0.15, 0.2) is 17.1 Å². The third kappa shape index (κ3) is 3.89. The Morgan fingerprint density at radius 1 is 0.854 bits per heavy atom. The highest BCUT2D eigenvalue weighted by atomic mass is 16.5. The second-order valence-corrected chi connectivity index (χ2v) is 9.62. The van der Waals surface area contributed by atoms with Gasteiger partial charge in [-0.1, -0.05) is 72.8 Å². The van der Waals surface area contributed by atoms with Crippen LogP contribution in [-0.4, -0.2) is 32.0 Å². The van der Waals surface area contributed by atoms with Gasteiger partial charge in [0.05, 0.1) is 29.4 Å². The average molecular weight is 534 g/mol. The van der Waals surface area contributed by atoms with Crippen LogP contribution in [0.5, 0.6) is 11.5 Å². The Bertz CT molecular complexity index is 2110. The minimum atomic E-state index is 0.0140. The molecule has 0 amide bonds. The number of methoxy groups -OCH3 is 1. The molecule has 7 rings (SSSR count). The number of fused-ring (bicyclic) bond motifs is 2. The molecule has 0 spiro atoms. The predicted octanol–water partition coefficient (Wildman–Crippen LogP) is 7.49. The van der Waals surface area contributed by atoms with Gasteiger partial charge in [-0.25, -0.2) is 9.67 Å². The molecule has 0 unspecified atom stereocenters. The molecule has 4 aromatic carbocycles. The summed E-state index contributed by atoms with van der Waals surface area (Å²) < 4.78 is 7.30. The lowest BCUT2D eigenvalue weighted by molar-refractivity contribution is 0.373. The van der Waals surface area contributed by atoms with E-state index >= 15 is 0 Å². The van der Waals surface area contributed by atoms with Gasteiger partial charge in [0.1, 0.15) is 11.8 Å². The first kappa shape index (κ1) is 24.2. The van der Waals surface area contributed by atoms with E-state index in [0.29, 0.717) is 39.5 Å². The van der Waals surface area contributed by atoms with Gasteiger partial charge in [-0.05, 0) is 35.9 Å². The van der Waals surface area contributed by atoms with Crippen LogP contribution in [0.1, 0.15) is 5.56 Å². The van der Waals surface area contributed by atoms with Crippen LogP contribution in [0.15, 0.2) is 109 Å². The average Bonchev–Trinajstić information content (AvgIpc) is 3.63. The summed E-state index contributed by atoms with van der Waals surface area (Å²) in [5.74, 6) is 0.321. The molecule has 7 aromatic rings. The van der Waals surface area contributed by atoms with E-state index in [1.165, 1.54) is 7.11 Å². The van der Waals surface area contributed by atoms with Gasteiger partial charge in [0, 0.05) is 33.8 Å². The molecule has 3 aromatic heterocycles. The van der Waals surface area contributed by atoms with E-state index in [0.717, 1.165) is 33.1 Å². The smallest absolute Gasteiger partial charge is 0.164 e. The minimum absolute atomic E-state index is 0.0140. The number of aromatic nitrogens is 4. The fourth-order valence-corrected chi connectivity index (χ4v) is 5.39. The molecule has 7 heteroatoms. The van der Waals surface area contributed by atoms with E-state index in [2.05, 4.69) is 11.1 Å². The van der Waals surface area contributed by atoms with Crippen LogP contribution in [-0.2, 0) is 0 Å². The maximum Gasteiger partial charge on any atom is 0.164 e. The molecule has 0 radical (unpaired) electrons. The van der Waals surface area contributed by atoms with Crippen molar-refractivity contribution in [3.8, 4) is 56.9 Å². The molecule has 0 saturated heterocycles. The van der Waals surface area contributed by atoms with E-state index in [9.17, 15) is 10.4 Å². The molecule has 0 fully saturated rings. The van der Waals surface area contributed by atoms with Crippen LogP contribution in [0, 0.1) is 11.3 Å². The van der Waals surface area contributed by atoms with E-state index in [1.54, 1.807) is 18.2 Å². The Hall–Kier alpha value is -5.87. The molecule has 3 heterocycles. The van der Waals surface area contributed by atoms with Crippen LogP contribution >= 0.6 is 0 Å². The van der Waals surface area contributed by atoms with Crippen molar-refractivity contribution in [1.29, 1.82) is 5.26 Å². The highest BCUT2D eigenvalue weighted by molar-refractivity contribution is 6.09. The summed E-state index contributed by atoms with van der Waals surface area (Å²) in [5, 5.41) is 27.9. The fourth-order valence-electron chi connectivity index (χ4n) is 5.39. The van der Waals surface area contributed by atoms with Gasteiger partial charge in [-0.2, -0.15) is 10.4 Å². The zero-order valence-corrected chi connectivity index (χ0v) is 22.0. The number of phenolic OH excluding ortho intramolecular Hbond substituents is 1. The number of ether oxygens (including phenoxy) is 1. The highest BCUT2D eigenvalue weighted by Crippen LogP contribution is 2.44. The Balaban J connectivity index is 1.69. The van der Waals surface area contributed by atoms with Crippen molar-refractivity contribution in [2.75, 3.05) is 7.11 Å². The molecule has 0 bridgehead atoms. The molecule has 0 aliphatic heterocycles. The largest absolute Gasteiger partial charge is 0.504 e. The van der Waals surface area contributed by atoms with Crippen molar-refractivity contribution in [3.05, 3.63) is 115 Å². The first-order valence-corrected chi connectivity index (χ1v) is 13.1. The van der Waals surface area contributed by atoms with Crippen molar-refractivity contribution in [1.82, 2.24) is 19.7 Å². The van der Waals surface area contributed by atoms with Crippen molar-refractivity contribution >= 4 is 21.9 Å². The Morgan fingerprint density at radius 2 is 1.59 bits per heavy atom. The highest BCUT2D eigenvalue weighted by Gasteiger charge is 2.27. The number of hydrogen-bond acceptors (Lipinski definition) is 5. The van der Waals surface area contributed by atoms with E-state index < -0.39 is 0 Å². The standard InChI is InChI=1S/C34H23N5O2/c1-41-29-18-22(16-17-28(29)40)30-25(19-35)33(26-20-36-27-15-9-8-14-24(26)27)37-34-31(30)32(21-10-4-2-5-11-21)38-39(34)23-12-6-3-7-13-23/h2-18,20,36,40H,1H3. The summed E-state index contributed by atoms with van der Waals surface area (Å²) >= 11 is 0. The van der Waals surface area contributed by atoms with Gasteiger partial charge in [0.25, 0.3) is 0 Å². The topological polar surface area (TPSA) is 99.8 Å². The number of benzene rings is 4. The SMILES string of the molecule is COc1cc(-c2c(C#N)c(-c3c[nH]c4ccccc34)nc3c2c(-c2ccccc2)nn3-c2ccccc2)ccc1O. The van der Waals surface area contributed by atoms with Crippen molar-refractivity contribution in [3.63, 3.8) is 0 Å². The summed E-state index contributed by atoms with van der Waals surface area (Å²) in [6.07, 6.45) is 1.89. The Kier molecular flexibility index (Phi) is 5.73. The summed E-state index contributed by atoms with van der Waals surface area (Å²) in [6, 6.07) is 35.3. The number of rotatable bonds is 5. The van der Waals surface area contributed by atoms with Gasteiger partial charge in [-0.15, -0.1) is 0 Å².